The summed E-state index contributed by atoms with van der Waals surface area (Å²) in [6.45, 7) is 0. The molecule has 2 fully saturated rings. The van der Waals surface area contributed by atoms with E-state index in [2.05, 4.69) is 39.8 Å². The Kier molecular flexibility index (Phi) is 4.27. The number of carbonyl (C=O) groups is 1. The molecule has 0 radical (unpaired) electrons. The van der Waals surface area contributed by atoms with Crippen LogP contribution in [0.15, 0.2) is 53.3 Å². The Morgan fingerprint density at radius 3 is 2.32 bits per heavy atom. The van der Waals surface area contributed by atoms with Crippen molar-refractivity contribution in [2.24, 2.45) is 11.3 Å². The fourth-order valence-electron chi connectivity index (χ4n) is 6.39. The topological polar surface area (TPSA) is 74.8 Å². The first-order chi connectivity index (χ1) is 15.1. The number of hydrogen-bond acceptors (Lipinski definition) is 3. The maximum Gasteiger partial charge on any atom is 0.272 e. The highest BCUT2D eigenvalue weighted by Crippen LogP contribution is 2.62. The van der Waals surface area contributed by atoms with E-state index >= 15 is 0 Å². The molecule has 3 aliphatic carbocycles. The summed E-state index contributed by atoms with van der Waals surface area (Å²) in [5.41, 5.74) is 4.07. The minimum Gasteiger partial charge on any atom is -0.353 e. The van der Waals surface area contributed by atoms with Gasteiger partial charge in [-0.25, -0.2) is 5.10 Å². The molecule has 5 nitrogen and oxygen atoms in total. The predicted octanol–water partition coefficient (Wildman–Crippen LogP) is 3.87. The van der Waals surface area contributed by atoms with Gasteiger partial charge in [0, 0.05) is 23.8 Å². The van der Waals surface area contributed by atoms with E-state index in [1.807, 2.05) is 24.3 Å². The minimum atomic E-state index is -0.120. The number of nitrogens with zero attached hydrogens (tertiary/aromatic N) is 1. The number of amides is 1. The third-order valence-electron chi connectivity index (χ3n) is 7.80. The summed E-state index contributed by atoms with van der Waals surface area (Å²) in [5.74, 6) is 1.05. The van der Waals surface area contributed by atoms with Crippen LogP contribution in [0.5, 0.6) is 0 Å². The molecule has 0 bridgehead atoms. The molecule has 0 saturated heterocycles. The Bertz CT molecular complexity index is 1190. The monoisotopic (exact) mass is 413 g/mol. The van der Waals surface area contributed by atoms with Crippen LogP contribution in [0.1, 0.15) is 54.8 Å². The predicted molar refractivity (Wildman–Crippen MR) is 120 cm³/mol. The van der Waals surface area contributed by atoms with E-state index in [4.69, 9.17) is 0 Å². The van der Waals surface area contributed by atoms with Crippen molar-refractivity contribution in [3.8, 4) is 0 Å². The lowest BCUT2D eigenvalue weighted by atomic mass is 9.49. The van der Waals surface area contributed by atoms with Gasteiger partial charge in [0.2, 0.25) is 5.91 Å². The number of benzene rings is 2. The second kappa shape index (κ2) is 7.04. The SMILES string of the molecule is O=C(CC1Cc2ccccc2C1)NC1CC2(C1)CC(c1n[nH]c(=O)c3ccccc13)C2. The molecule has 0 atom stereocenters. The van der Waals surface area contributed by atoms with Crippen molar-refractivity contribution in [2.75, 3.05) is 0 Å². The van der Waals surface area contributed by atoms with Crippen LogP contribution in [0.2, 0.25) is 0 Å². The number of rotatable bonds is 4. The van der Waals surface area contributed by atoms with Crippen LogP contribution >= 0.6 is 0 Å². The molecular formula is C26H27N3O2. The van der Waals surface area contributed by atoms with E-state index in [0.717, 1.165) is 55.0 Å². The summed E-state index contributed by atoms with van der Waals surface area (Å²) in [7, 11) is 0. The third-order valence-corrected chi connectivity index (χ3v) is 7.80. The van der Waals surface area contributed by atoms with Crippen LogP contribution in [0.3, 0.4) is 0 Å². The van der Waals surface area contributed by atoms with Crippen molar-refractivity contribution in [2.45, 2.75) is 56.9 Å². The Hall–Kier alpha value is -2.95. The van der Waals surface area contributed by atoms with E-state index in [9.17, 15) is 9.59 Å². The first-order valence-electron chi connectivity index (χ1n) is 11.4. The summed E-state index contributed by atoms with van der Waals surface area (Å²) in [6.07, 6.45) is 7.03. The summed E-state index contributed by atoms with van der Waals surface area (Å²) in [6, 6.07) is 16.6. The summed E-state index contributed by atoms with van der Waals surface area (Å²) in [5, 5.41) is 12.0. The maximum atomic E-state index is 12.6. The van der Waals surface area contributed by atoms with Crippen molar-refractivity contribution in [1.29, 1.82) is 0 Å². The second-order valence-corrected chi connectivity index (χ2v) is 10.0. The number of aromatic amines is 1. The molecular weight excluding hydrogens is 386 g/mol. The average molecular weight is 414 g/mol. The highest BCUT2D eigenvalue weighted by atomic mass is 16.1. The maximum absolute atomic E-state index is 12.6. The molecule has 158 valence electrons. The lowest BCUT2D eigenvalue weighted by molar-refractivity contribution is -0.125. The van der Waals surface area contributed by atoms with Crippen molar-refractivity contribution in [3.63, 3.8) is 0 Å². The molecule has 2 N–H and O–H groups in total. The van der Waals surface area contributed by atoms with Gasteiger partial charge in [-0.15, -0.1) is 0 Å². The van der Waals surface area contributed by atoms with Gasteiger partial charge in [0.15, 0.2) is 0 Å². The van der Waals surface area contributed by atoms with Crippen molar-refractivity contribution < 1.29 is 4.79 Å². The number of nitrogens with one attached hydrogen (secondary N) is 2. The van der Waals surface area contributed by atoms with Crippen LogP contribution in [0.25, 0.3) is 10.8 Å². The summed E-state index contributed by atoms with van der Waals surface area (Å²) < 4.78 is 0. The van der Waals surface area contributed by atoms with Gasteiger partial charge in [-0.1, -0.05) is 42.5 Å². The van der Waals surface area contributed by atoms with Gasteiger partial charge in [0.25, 0.3) is 5.56 Å². The lowest BCUT2D eigenvalue weighted by Crippen LogP contribution is -2.55. The molecule has 3 aromatic rings. The van der Waals surface area contributed by atoms with Gasteiger partial charge in [0.1, 0.15) is 0 Å². The van der Waals surface area contributed by atoms with Crippen LogP contribution < -0.4 is 10.9 Å². The number of fused-ring (bicyclic) bond motifs is 2. The van der Waals surface area contributed by atoms with Crippen LogP contribution in [0.4, 0.5) is 0 Å². The van der Waals surface area contributed by atoms with E-state index in [1.165, 1.54) is 11.1 Å². The molecule has 2 saturated carbocycles. The first kappa shape index (κ1) is 18.8. The van der Waals surface area contributed by atoms with Gasteiger partial charge < -0.3 is 5.32 Å². The van der Waals surface area contributed by atoms with Crippen LogP contribution in [-0.2, 0) is 17.6 Å². The Labute approximate surface area is 181 Å². The Morgan fingerprint density at radius 1 is 0.968 bits per heavy atom. The molecule has 1 heterocycles. The van der Waals surface area contributed by atoms with Gasteiger partial charge in [-0.2, -0.15) is 5.10 Å². The van der Waals surface area contributed by atoms with E-state index in [0.29, 0.717) is 29.7 Å². The van der Waals surface area contributed by atoms with Gasteiger partial charge in [-0.3, -0.25) is 9.59 Å². The average Bonchev–Trinajstić information content (AvgIpc) is 3.12. The quantitative estimate of drug-likeness (QED) is 0.682. The fourth-order valence-corrected chi connectivity index (χ4v) is 6.39. The summed E-state index contributed by atoms with van der Waals surface area (Å²) >= 11 is 0. The number of carbonyl (C=O) groups excluding carboxylic acids is 1. The van der Waals surface area contributed by atoms with E-state index in [1.54, 1.807) is 0 Å². The molecule has 0 aliphatic heterocycles. The van der Waals surface area contributed by atoms with Crippen molar-refractivity contribution in [3.05, 3.63) is 75.7 Å². The van der Waals surface area contributed by atoms with Gasteiger partial charge >= 0.3 is 0 Å². The fraction of sp³-hybridized carbons (Fsp3) is 0.423. The molecule has 1 aromatic heterocycles. The van der Waals surface area contributed by atoms with E-state index < -0.39 is 0 Å². The third kappa shape index (κ3) is 3.27. The molecule has 1 spiro atoms. The molecule has 0 unspecified atom stereocenters. The zero-order chi connectivity index (χ0) is 21.0. The normalized spacial score (nSPS) is 27.0. The zero-order valence-electron chi connectivity index (χ0n) is 17.6. The highest BCUT2D eigenvalue weighted by molar-refractivity contribution is 5.84. The van der Waals surface area contributed by atoms with Crippen LogP contribution in [0, 0.1) is 11.3 Å². The largest absolute Gasteiger partial charge is 0.353 e. The van der Waals surface area contributed by atoms with Crippen molar-refractivity contribution in [1.82, 2.24) is 15.5 Å². The minimum absolute atomic E-state index is 0.120. The lowest BCUT2D eigenvalue weighted by Gasteiger charge is -2.57. The van der Waals surface area contributed by atoms with Crippen molar-refractivity contribution >= 4 is 16.7 Å². The number of hydrogen-bond donors (Lipinski definition) is 2. The second-order valence-electron chi connectivity index (χ2n) is 10.0. The van der Waals surface area contributed by atoms with E-state index in [-0.39, 0.29) is 11.5 Å². The molecule has 2 aromatic carbocycles. The smallest absolute Gasteiger partial charge is 0.272 e. The molecule has 31 heavy (non-hydrogen) atoms. The van der Waals surface area contributed by atoms with Crippen LogP contribution in [-0.4, -0.2) is 22.1 Å². The molecule has 1 amide bonds. The Balaban J connectivity index is 1.02. The zero-order valence-corrected chi connectivity index (χ0v) is 17.6. The molecule has 6 rings (SSSR count). The standard InChI is InChI=1S/C26H27N3O2/c30-23(11-16-9-17-5-1-2-6-18(17)10-16)27-20-14-26(15-20)12-19(13-26)24-21-7-3-4-8-22(21)25(31)29-28-24/h1-8,16,19-20H,9-15H2,(H,27,30)(H,29,31). The Morgan fingerprint density at radius 2 is 1.61 bits per heavy atom. The molecule has 3 aliphatic rings. The number of H-pyrrole nitrogens is 1. The summed E-state index contributed by atoms with van der Waals surface area (Å²) in [4.78, 5) is 24.6. The van der Waals surface area contributed by atoms with Gasteiger partial charge in [-0.05, 0) is 67.1 Å². The van der Waals surface area contributed by atoms with Gasteiger partial charge in [0.05, 0.1) is 11.1 Å². The highest BCUT2D eigenvalue weighted by Gasteiger charge is 2.54. The first-order valence-corrected chi connectivity index (χ1v) is 11.4. The number of aromatic nitrogens is 2. The molecule has 5 heteroatoms.